The van der Waals surface area contributed by atoms with Gasteiger partial charge in [0.1, 0.15) is 11.9 Å². The smallest absolute Gasteiger partial charge is 0.370 e. The molecular weight excluding hydrogens is 437 g/mol. The van der Waals surface area contributed by atoms with E-state index in [1.165, 1.54) is 11.8 Å². The molecule has 0 radical (unpaired) electrons. The molecule has 166 valence electrons. The molecule has 2 heterocycles. The lowest BCUT2D eigenvalue weighted by Crippen LogP contribution is -2.33. The van der Waals surface area contributed by atoms with Crippen molar-refractivity contribution in [3.05, 3.63) is 48.2 Å². The molecule has 1 aromatic carbocycles. The fourth-order valence-corrected chi connectivity index (χ4v) is 3.87. The first-order valence-corrected chi connectivity index (χ1v) is 10.7. The van der Waals surface area contributed by atoms with Crippen LogP contribution in [0.3, 0.4) is 0 Å². The first-order valence-electron chi connectivity index (χ1n) is 9.22. The third-order valence-corrected chi connectivity index (χ3v) is 6.23. The Morgan fingerprint density at radius 1 is 1.13 bits per heavy atom. The Bertz CT molecular complexity index is 1100. The Morgan fingerprint density at radius 2 is 1.77 bits per heavy atom. The average molecular weight is 456 g/mol. The Balaban J connectivity index is 1.85. The van der Waals surface area contributed by atoms with Gasteiger partial charge in [0.15, 0.2) is 0 Å². The number of hydrogen-bond acceptors (Lipinski definition) is 6. The number of carbonyl (C=O) groups excluding carboxylic acids is 2. The van der Waals surface area contributed by atoms with Gasteiger partial charge in [-0.3, -0.25) is 4.79 Å². The monoisotopic (exact) mass is 456 g/mol. The molecule has 0 spiro atoms. The van der Waals surface area contributed by atoms with E-state index in [0.717, 1.165) is 34.7 Å². The van der Waals surface area contributed by atoms with Crippen molar-refractivity contribution < 1.29 is 31.2 Å². The van der Waals surface area contributed by atoms with Gasteiger partial charge in [0.05, 0.1) is 10.6 Å². The predicted molar refractivity (Wildman–Crippen MR) is 106 cm³/mol. The highest BCUT2D eigenvalue weighted by Crippen LogP contribution is 2.32. The minimum Gasteiger partial charge on any atom is -0.370 e. The lowest BCUT2D eigenvalue weighted by atomic mass is 10.2. The quantitative estimate of drug-likeness (QED) is 0.671. The predicted octanol–water partition coefficient (Wildman–Crippen LogP) is 3.16. The first kappa shape index (κ1) is 22.5. The molecule has 3 rings (SSSR count). The molecule has 2 aromatic rings. The summed E-state index contributed by atoms with van der Waals surface area (Å²) in [5.74, 6) is 0.0429. The third kappa shape index (κ3) is 4.20. The summed E-state index contributed by atoms with van der Waals surface area (Å²) < 4.78 is 61.1. The van der Waals surface area contributed by atoms with Crippen molar-refractivity contribution in [3.63, 3.8) is 0 Å². The SMILES string of the molecule is CCNc1cc(CN2C(=O)N(c3ccc(S(=O)(=O)C(F)(F)F)cc3)C(=O)C2C)ccn1. The Morgan fingerprint density at radius 3 is 2.35 bits per heavy atom. The molecule has 0 saturated carbocycles. The maximum atomic E-state index is 12.9. The fraction of sp³-hybridized carbons (Fsp3) is 0.316. The summed E-state index contributed by atoms with van der Waals surface area (Å²) in [5, 5.41) is 3.05. The molecule has 1 saturated heterocycles. The van der Waals surface area contributed by atoms with Gasteiger partial charge in [-0.2, -0.15) is 13.2 Å². The van der Waals surface area contributed by atoms with Gasteiger partial charge in [0.2, 0.25) is 0 Å². The number of carbonyl (C=O) groups is 2. The summed E-state index contributed by atoms with van der Waals surface area (Å²) in [6.07, 6.45) is 1.57. The molecule has 1 unspecified atom stereocenters. The molecule has 1 atom stereocenters. The number of alkyl halides is 3. The molecule has 0 aliphatic carbocycles. The lowest BCUT2D eigenvalue weighted by Gasteiger charge is -2.20. The van der Waals surface area contributed by atoms with Crippen molar-refractivity contribution in [1.29, 1.82) is 0 Å². The number of hydrogen-bond donors (Lipinski definition) is 1. The number of halogens is 3. The molecular formula is C19H19F3N4O4S. The second kappa shape index (κ2) is 8.17. The van der Waals surface area contributed by atoms with Gasteiger partial charge in [-0.25, -0.2) is 23.1 Å². The molecule has 1 aromatic heterocycles. The highest BCUT2D eigenvalue weighted by Gasteiger charge is 2.47. The van der Waals surface area contributed by atoms with Crippen molar-refractivity contribution in [1.82, 2.24) is 9.88 Å². The Labute approximate surface area is 176 Å². The van der Waals surface area contributed by atoms with Crippen LogP contribution in [0.4, 0.5) is 29.5 Å². The molecule has 1 fully saturated rings. The zero-order chi connectivity index (χ0) is 23.0. The van der Waals surface area contributed by atoms with E-state index in [1.54, 1.807) is 18.3 Å². The first-order chi connectivity index (χ1) is 14.5. The van der Waals surface area contributed by atoms with E-state index in [1.807, 2.05) is 6.92 Å². The van der Waals surface area contributed by atoms with Gasteiger partial charge in [-0.15, -0.1) is 0 Å². The number of sulfone groups is 1. The molecule has 1 N–H and O–H groups in total. The number of anilines is 2. The second-order valence-electron chi connectivity index (χ2n) is 6.78. The van der Waals surface area contributed by atoms with Crippen LogP contribution in [0.5, 0.6) is 0 Å². The van der Waals surface area contributed by atoms with Crippen LogP contribution in [0.15, 0.2) is 47.5 Å². The van der Waals surface area contributed by atoms with Crippen molar-refractivity contribution in [2.45, 2.75) is 36.8 Å². The van der Waals surface area contributed by atoms with E-state index < -0.39 is 38.2 Å². The molecule has 8 nitrogen and oxygen atoms in total. The Hall–Kier alpha value is -3.15. The van der Waals surface area contributed by atoms with Gasteiger partial charge in [0, 0.05) is 19.3 Å². The van der Waals surface area contributed by atoms with Gasteiger partial charge in [-0.1, -0.05) is 0 Å². The van der Waals surface area contributed by atoms with Gasteiger partial charge >= 0.3 is 11.5 Å². The van der Waals surface area contributed by atoms with Crippen LogP contribution >= 0.6 is 0 Å². The fourth-order valence-electron chi connectivity index (χ4n) is 3.11. The van der Waals surface area contributed by atoms with Crippen LogP contribution in [-0.4, -0.2) is 48.3 Å². The van der Waals surface area contributed by atoms with Gasteiger partial charge < -0.3 is 10.2 Å². The van der Waals surface area contributed by atoms with Crippen molar-refractivity contribution in [2.24, 2.45) is 0 Å². The van der Waals surface area contributed by atoms with Crippen LogP contribution in [0.25, 0.3) is 0 Å². The number of pyridine rings is 1. The van der Waals surface area contributed by atoms with Gasteiger partial charge in [-0.05, 0) is 55.8 Å². The largest absolute Gasteiger partial charge is 0.501 e. The van der Waals surface area contributed by atoms with Crippen molar-refractivity contribution >= 4 is 33.3 Å². The summed E-state index contributed by atoms with van der Waals surface area (Å²) >= 11 is 0. The number of nitrogens with one attached hydrogen (secondary N) is 1. The molecule has 1 aliphatic heterocycles. The maximum absolute atomic E-state index is 12.9. The maximum Gasteiger partial charge on any atom is 0.501 e. The molecule has 1 aliphatic rings. The molecule has 3 amide bonds. The van der Waals surface area contributed by atoms with Crippen LogP contribution in [0, 0.1) is 0 Å². The average Bonchev–Trinajstić information content (AvgIpc) is 2.91. The summed E-state index contributed by atoms with van der Waals surface area (Å²) in [4.78, 5) is 30.9. The van der Waals surface area contributed by atoms with Crippen LogP contribution in [-0.2, 0) is 21.2 Å². The minimum absolute atomic E-state index is 0.0199. The summed E-state index contributed by atoms with van der Waals surface area (Å²) in [6, 6.07) is 5.40. The third-order valence-electron chi connectivity index (χ3n) is 4.73. The number of urea groups is 1. The van der Waals surface area contributed by atoms with E-state index in [-0.39, 0.29) is 12.2 Å². The van der Waals surface area contributed by atoms with Crippen LogP contribution < -0.4 is 10.2 Å². The van der Waals surface area contributed by atoms with E-state index in [0.29, 0.717) is 12.4 Å². The van der Waals surface area contributed by atoms with E-state index in [9.17, 15) is 31.2 Å². The summed E-state index contributed by atoms with van der Waals surface area (Å²) in [7, 11) is -5.53. The van der Waals surface area contributed by atoms with E-state index in [4.69, 9.17) is 0 Å². The lowest BCUT2D eigenvalue weighted by molar-refractivity contribution is -0.119. The summed E-state index contributed by atoms with van der Waals surface area (Å²) in [6.45, 7) is 4.21. The van der Waals surface area contributed by atoms with E-state index in [2.05, 4.69) is 10.3 Å². The highest BCUT2D eigenvalue weighted by molar-refractivity contribution is 7.92. The molecule has 31 heavy (non-hydrogen) atoms. The number of aromatic nitrogens is 1. The van der Waals surface area contributed by atoms with Crippen molar-refractivity contribution in [2.75, 3.05) is 16.8 Å². The normalized spacial score (nSPS) is 17.4. The highest BCUT2D eigenvalue weighted by atomic mass is 32.2. The van der Waals surface area contributed by atoms with Gasteiger partial charge in [0.25, 0.3) is 15.7 Å². The van der Waals surface area contributed by atoms with Crippen LogP contribution in [0.2, 0.25) is 0 Å². The summed E-state index contributed by atoms with van der Waals surface area (Å²) in [5.41, 5.74) is -4.74. The standard InChI is InChI=1S/C19H19F3N4O4S/c1-3-23-16-10-13(8-9-24-16)11-25-12(2)17(27)26(18(25)28)14-4-6-15(7-5-14)31(29,30)19(20,21)22/h4-10,12H,3,11H2,1-2H3,(H,23,24). The zero-order valence-corrected chi connectivity index (χ0v) is 17.4. The Kier molecular flexibility index (Phi) is 5.94. The number of imide groups is 1. The number of benzene rings is 1. The number of amides is 3. The minimum atomic E-state index is -5.53. The van der Waals surface area contributed by atoms with E-state index >= 15 is 0 Å². The number of nitrogens with zero attached hydrogens (tertiary/aromatic N) is 3. The second-order valence-corrected chi connectivity index (χ2v) is 8.72. The number of rotatable bonds is 6. The zero-order valence-electron chi connectivity index (χ0n) is 16.5. The molecule has 12 heteroatoms. The van der Waals surface area contributed by atoms with Crippen molar-refractivity contribution in [3.8, 4) is 0 Å². The topological polar surface area (TPSA) is 99.7 Å². The van der Waals surface area contributed by atoms with Crippen LogP contribution in [0.1, 0.15) is 19.4 Å². The molecule has 0 bridgehead atoms.